The van der Waals surface area contributed by atoms with Crippen molar-refractivity contribution in [2.45, 2.75) is 13.0 Å². The minimum atomic E-state index is -0.209. The number of H-pyrrole nitrogens is 1. The van der Waals surface area contributed by atoms with E-state index in [1.807, 2.05) is 6.92 Å². The highest BCUT2D eigenvalue weighted by Crippen LogP contribution is 2.14. The van der Waals surface area contributed by atoms with Gasteiger partial charge in [-0.05, 0) is 22.9 Å². The van der Waals surface area contributed by atoms with Crippen LogP contribution in [0.2, 0.25) is 0 Å². The Morgan fingerprint density at radius 3 is 3.15 bits per heavy atom. The molecule has 1 rings (SSSR count). The predicted molar refractivity (Wildman–Crippen MR) is 56.4 cm³/mol. The van der Waals surface area contributed by atoms with Crippen LogP contribution in [-0.4, -0.2) is 21.9 Å². The van der Waals surface area contributed by atoms with Gasteiger partial charge in [-0.15, -0.1) is 11.6 Å². The number of hydrogen-bond acceptors (Lipinski definition) is 3. The molecular formula is C7H9BrClN3O. The van der Waals surface area contributed by atoms with Gasteiger partial charge in [-0.25, -0.2) is 4.98 Å². The fourth-order valence-electron chi connectivity index (χ4n) is 0.756. The lowest BCUT2D eigenvalue weighted by Gasteiger charge is -2.11. The molecule has 1 aromatic rings. The Hall–Kier alpha value is -0.550. The molecule has 72 valence electrons. The smallest absolute Gasteiger partial charge is 0.267 e. The van der Waals surface area contributed by atoms with Gasteiger partial charge in [-0.1, -0.05) is 0 Å². The topological polar surface area (TPSA) is 57.8 Å². The summed E-state index contributed by atoms with van der Waals surface area (Å²) >= 11 is 8.73. The molecule has 0 radical (unpaired) electrons. The molecule has 6 heteroatoms. The SMILES string of the molecule is CC(CCl)Nc1nc[nH]c(=O)c1Br. The predicted octanol–water partition coefficient (Wildman–Crippen LogP) is 1.57. The molecule has 0 amide bonds. The van der Waals surface area contributed by atoms with E-state index in [1.54, 1.807) is 0 Å². The van der Waals surface area contributed by atoms with E-state index in [1.165, 1.54) is 6.33 Å². The van der Waals surface area contributed by atoms with Crippen LogP contribution in [-0.2, 0) is 0 Å². The molecule has 0 fully saturated rings. The number of anilines is 1. The van der Waals surface area contributed by atoms with Crippen LogP contribution < -0.4 is 10.9 Å². The van der Waals surface area contributed by atoms with Crippen LogP contribution in [0, 0.1) is 0 Å². The highest BCUT2D eigenvalue weighted by atomic mass is 79.9. The van der Waals surface area contributed by atoms with Crippen molar-refractivity contribution in [2.24, 2.45) is 0 Å². The maximum absolute atomic E-state index is 11.1. The summed E-state index contributed by atoms with van der Waals surface area (Å²) in [7, 11) is 0. The van der Waals surface area contributed by atoms with Gasteiger partial charge in [0.15, 0.2) is 0 Å². The maximum Gasteiger partial charge on any atom is 0.267 e. The van der Waals surface area contributed by atoms with Gasteiger partial charge < -0.3 is 10.3 Å². The van der Waals surface area contributed by atoms with Gasteiger partial charge in [-0.3, -0.25) is 4.79 Å². The summed E-state index contributed by atoms with van der Waals surface area (Å²) in [6.07, 6.45) is 1.34. The van der Waals surface area contributed by atoms with Crippen molar-refractivity contribution in [2.75, 3.05) is 11.2 Å². The average molecular weight is 267 g/mol. The molecular weight excluding hydrogens is 257 g/mol. The number of aromatic nitrogens is 2. The molecule has 0 aliphatic heterocycles. The second-order valence-electron chi connectivity index (χ2n) is 2.59. The van der Waals surface area contributed by atoms with Crippen LogP contribution in [0.15, 0.2) is 15.6 Å². The van der Waals surface area contributed by atoms with Crippen molar-refractivity contribution in [3.05, 3.63) is 21.2 Å². The van der Waals surface area contributed by atoms with Crippen molar-refractivity contribution < 1.29 is 0 Å². The zero-order valence-electron chi connectivity index (χ0n) is 6.97. The van der Waals surface area contributed by atoms with E-state index in [0.29, 0.717) is 16.2 Å². The van der Waals surface area contributed by atoms with E-state index < -0.39 is 0 Å². The Labute approximate surface area is 88.8 Å². The van der Waals surface area contributed by atoms with E-state index in [2.05, 4.69) is 31.2 Å². The fraction of sp³-hybridized carbons (Fsp3) is 0.429. The average Bonchev–Trinajstić information content (AvgIpc) is 2.13. The van der Waals surface area contributed by atoms with E-state index in [9.17, 15) is 4.79 Å². The summed E-state index contributed by atoms with van der Waals surface area (Å²) in [6, 6.07) is 0.0762. The number of nitrogens with zero attached hydrogens (tertiary/aromatic N) is 1. The van der Waals surface area contributed by atoms with Gasteiger partial charge in [-0.2, -0.15) is 0 Å². The Bertz CT molecular complexity index is 341. The first kappa shape index (κ1) is 10.5. The van der Waals surface area contributed by atoms with Crippen LogP contribution >= 0.6 is 27.5 Å². The number of nitrogens with one attached hydrogen (secondary N) is 2. The normalized spacial score (nSPS) is 12.5. The molecule has 1 aromatic heterocycles. The molecule has 0 aliphatic rings. The zero-order valence-corrected chi connectivity index (χ0v) is 9.32. The summed E-state index contributed by atoms with van der Waals surface area (Å²) in [6.45, 7) is 1.91. The summed E-state index contributed by atoms with van der Waals surface area (Å²) in [4.78, 5) is 17.5. The zero-order chi connectivity index (χ0) is 9.84. The third-order valence-electron chi connectivity index (χ3n) is 1.41. The van der Waals surface area contributed by atoms with Gasteiger partial charge >= 0.3 is 0 Å². The molecule has 1 unspecified atom stereocenters. The van der Waals surface area contributed by atoms with Crippen LogP contribution in [0.25, 0.3) is 0 Å². The monoisotopic (exact) mass is 265 g/mol. The number of alkyl halides is 1. The second-order valence-corrected chi connectivity index (χ2v) is 3.70. The first-order valence-corrected chi connectivity index (χ1v) is 5.03. The molecule has 0 spiro atoms. The Morgan fingerprint density at radius 1 is 1.85 bits per heavy atom. The quantitative estimate of drug-likeness (QED) is 0.817. The lowest BCUT2D eigenvalue weighted by atomic mass is 10.4. The van der Waals surface area contributed by atoms with Crippen molar-refractivity contribution in [3.63, 3.8) is 0 Å². The molecule has 0 aliphatic carbocycles. The standard InChI is InChI=1S/C7H9BrClN3O/c1-4(2-9)12-6-5(8)7(13)11-3-10-6/h3-4H,2H2,1H3,(H2,10,11,12,13). The molecule has 0 saturated heterocycles. The van der Waals surface area contributed by atoms with Gasteiger partial charge in [0.1, 0.15) is 10.3 Å². The number of hydrogen-bond donors (Lipinski definition) is 2. The summed E-state index contributed by atoms with van der Waals surface area (Å²) in [5, 5.41) is 2.99. The molecule has 0 aromatic carbocycles. The Kier molecular flexibility index (Phi) is 3.74. The first-order valence-electron chi connectivity index (χ1n) is 3.71. The molecule has 1 heterocycles. The molecule has 4 nitrogen and oxygen atoms in total. The highest BCUT2D eigenvalue weighted by molar-refractivity contribution is 9.10. The maximum atomic E-state index is 11.1. The van der Waals surface area contributed by atoms with E-state index >= 15 is 0 Å². The van der Waals surface area contributed by atoms with Crippen molar-refractivity contribution in [1.29, 1.82) is 0 Å². The Balaban J connectivity index is 2.89. The molecule has 1 atom stereocenters. The minimum absolute atomic E-state index is 0.0762. The first-order chi connectivity index (χ1) is 6.15. The summed E-state index contributed by atoms with van der Waals surface area (Å²) < 4.78 is 0.395. The minimum Gasteiger partial charge on any atom is -0.365 e. The molecule has 2 N–H and O–H groups in total. The lowest BCUT2D eigenvalue weighted by molar-refractivity contribution is 0.888. The van der Waals surface area contributed by atoms with Crippen molar-refractivity contribution in [3.8, 4) is 0 Å². The van der Waals surface area contributed by atoms with Gasteiger partial charge in [0.05, 0.1) is 6.33 Å². The van der Waals surface area contributed by atoms with Crippen LogP contribution in [0.5, 0.6) is 0 Å². The van der Waals surface area contributed by atoms with Gasteiger partial charge in [0.25, 0.3) is 5.56 Å². The number of rotatable bonds is 3. The number of aromatic amines is 1. The van der Waals surface area contributed by atoms with Crippen LogP contribution in [0.1, 0.15) is 6.92 Å². The van der Waals surface area contributed by atoms with Crippen LogP contribution in [0.3, 0.4) is 0 Å². The summed E-state index contributed by atoms with van der Waals surface area (Å²) in [5.41, 5.74) is -0.209. The largest absolute Gasteiger partial charge is 0.365 e. The van der Waals surface area contributed by atoms with Gasteiger partial charge in [0, 0.05) is 11.9 Å². The second kappa shape index (κ2) is 4.62. The number of halogens is 2. The van der Waals surface area contributed by atoms with E-state index in [-0.39, 0.29) is 11.6 Å². The van der Waals surface area contributed by atoms with E-state index in [0.717, 1.165) is 0 Å². The molecule has 0 bridgehead atoms. The van der Waals surface area contributed by atoms with E-state index in [4.69, 9.17) is 11.6 Å². The third kappa shape index (κ3) is 2.70. The highest BCUT2D eigenvalue weighted by Gasteiger charge is 2.07. The molecule has 0 saturated carbocycles. The third-order valence-corrected chi connectivity index (χ3v) is 2.61. The fourth-order valence-corrected chi connectivity index (χ4v) is 1.16. The Morgan fingerprint density at radius 2 is 2.54 bits per heavy atom. The van der Waals surface area contributed by atoms with Crippen molar-refractivity contribution >= 4 is 33.3 Å². The lowest BCUT2D eigenvalue weighted by Crippen LogP contribution is -2.20. The van der Waals surface area contributed by atoms with Gasteiger partial charge in [0.2, 0.25) is 0 Å². The summed E-state index contributed by atoms with van der Waals surface area (Å²) in [5.74, 6) is 0.970. The molecule has 13 heavy (non-hydrogen) atoms. The van der Waals surface area contributed by atoms with Crippen molar-refractivity contribution in [1.82, 2.24) is 9.97 Å². The van der Waals surface area contributed by atoms with Crippen LogP contribution in [0.4, 0.5) is 5.82 Å².